The lowest BCUT2D eigenvalue weighted by atomic mass is 10.2. The minimum atomic E-state index is -3.74. The standard InChI is InChI=1S/C17H15BrClNO5S/c18-14-3-1-2-4-16(14)25-17(21)13-11-12(5-6-15(13)19)26(22,23)20-7-9-24-10-8-20/h1-6,11H,7-10H2. The summed E-state index contributed by atoms with van der Waals surface area (Å²) in [7, 11) is -3.74. The number of rotatable bonds is 4. The lowest BCUT2D eigenvalue weighted by Gasteiger charge is -2.26. The smallest absolute Gasteiger partial charge is 0.345 e. The van der Waals surface area contributed by atoms with E-state index in [1.165, 1.54) is 22.5 Å². The lowest BCUT2D eigenvalue weighted by Crippen LogP contribution is -2.40. The molecule has 1 aliphatic heterocycles. The van der Waals surface area contributed by atoms with Gasteiger partial charge in [0.2, 0.25) is 10.0 Å². The Morgan fingerprint density at radius 1 is 1.15 bits per heavy atom. The first-order valence-corrected chi connectivity index (χ1v) is 10.3. The van der Waals surface area contributed by atoms with Crippen molar-refractivity contribution in [1.29, 1.82) is 0 Å². The SMILES string of the molecule is O=C(Oc1ccccc1Br)c1cc(S(=O)(=O)N2CCOCC2)ccc1Cl. The molecule has 0 N–H and O–H groups in total. The molecule has 0 aliphatic carbocycles. The number of halogens is 2. The van der Waals surface area contributed by atoms with Gasteiger partial charge in [0.1, 0.15) is 5.75 Å². The molecule has 2 aromatic rings. The maximum absolute atomic E-state index is 12.8. The molecule has 0 unspecified atom stereocenters. The van der Waals surface area contributed by atoms with Gasteiger partial charge in [0.05, 0.1) is 33.2 Å². The van der Waals surface area contributed by atoms with Crippen LogP contribution >= 0.6 is 27.5 Å². The summed E-state index contributed by atoms with van der Waals surface area (Å²) in [5.41, 5.74) is -0.0169. The molecule has 6 nitrogen and oxygen atoms in total. The van der Waals surface area contributed by atoms with E-state index in [0.717, 1.165) is 0 Å². The van der Waals surface area contributed by atoms with Crippen LogP contribution in [0.4, 0.5) is 0 Å². The van der Waals surface area contributed by atoms with Crippen molar-refractivity contribution in [3.05, 3.63) is 57.5 Å². The summed E-state index contributed by atoms with van der Waals surface area (Å²) in [4.78, 5) is 12.5. The Bertz CT molecular complexity index is 929. The number of hydrogen-bond acceptors (Lipinski definition) is 5. The van der Waals surface area contributed by atoms with Gasteiger partial charge in [-0.1, -0.05) is 23.7 Å². The molecule has 0 amide bonds. The molecule has 0 atom stereocenters. The Kier molecular flexibility index (Phi) is 5.99. The van der Waals surface area contributed by atoms with Gasteiger partial charge in [-0.2, -0.15) is 4.31 Å². The Balaban J connectivity index is 1.90. The van der Waals surface area contributed by atoms with E-state index in [0.29, 0.717) is 23.4 Å². The quantitative estimate of drug-likeness (QED) is 0.517. The zero-order chi connectivity index (χ0) is 18.7. The highest BCUT2D eigenvalue weighted by molar-refractivity contribution is 9.10. The molecule has 0 radical (unpaired) electrons. The Morgan fingerprint density at radius 3 is 2.54 bits per heavy atom. The van der Waals surface area contributed by atoms with Crippen molar-refractivity contribution < 1.29 is 22.7 Å². The summed E-state index contributed by atoms with van der Waals surface area (Å²) in [6.07, 6.45) is 0. The predicted molar refractivity (Wildman–Crippen MR) is 100 cm³/mol. The van der Waals surface area contributed by atoms with Crippen LogP contribution in [0.25, 0.3) is 0 Å². The van der Waals surface area contributed by atoms with Crippen molar-refractivity contribution >= 4 is 43.5 Å². The monoisotopic (exact) mass is 459 g/mol. The van der Waals surface area contributed by atoms with Crippen molar-refractivity contribution in [3.8, 4) is 5.75 Å². The molecule has 1 aliphatic rings. The van der Waals surface area contributed by atoms with Crippen LogP contribution in [0.2, 0.25) is 5.02 Å². The van der Waals surface area contributed by atoms with Crippen LogP contribution in [-0.2, 0) is 14.8 Å². The molecule has 138 valence electrons. The number of ether oxygens (including phenoxy) is 2. The second-order valence-electron chi connectivity index (χ2n) is 5.48. The van der Waals surface area contributed by atoms with Crippen molar-refractivity contribution in [2.45, 2.75) is 4.90 Å². The van der Waals surface area contributed by atoms with E-state index in [2.05, 4.69) is 15.9 Å². The third-order valence-corrected chi connectivity index (χ3v) is 6.68. The molecule has 0 spiro atoms. The number of hydrogen-bond donors (Lipinski definition) is 0. The second kappa shape index (κ2) is 8.06. The van der Waals surface area contributed by atoms with Gasteiger partial charge in [-0.25, -0.2) is 13.2 Å². The molecule has 2 aromatic carbocycles. The molecule has 0 bridgehead atoms. The minimum Gasteiger partial charge on any atom is -0.422 e. The summed E-state index contributed by atoms with van der Waals surface area (Å²) in [5, 5.41) is 0.114. The van der Waals surface area contributed by atoms with E-state index in [1.807, 2.05) is 0 Å². The molecule has 3 rings (SSSR count). The van der Waals surface area contributed by atoms with Crippen molar-refractivity contribution in [2.75, 3.05) is 26.3 Å². The third-order valence-electron chi connectivity index (χ3n) is 3.80. The fourth-order valence-electron chi connectivity index (χ4n) is 2.44. The zero-order valence-corrected chi connectivity index (χ0v) is 16.7. The van der Waals surface area contributed by atoms with Crippen LogP contribution < -0.4 is 4.74 Å². The van der Waals surface area contributed by atoms with E-state index in [4.69, 9.17) is 21.1 Å². The second-order valence-corrected chi connectivity index (χ2v) is 8.68. The number of carbonyl (C=O) groups excluding carboxylic acids is 1. The van der Waals surface area contributed by atoms with Crippen LogP contribution in [0.15, 0.2) is 51.8 Å². The first kappa shape index (κ1) is 19.3. The van der Waals surface area contributed by atoms with Gasteiger partial charge in [0.25, 0.3) is 0 Å². The van der Waals surface area contributed by atoms with Crippen LogP contribution in [0.5, 0.6) is 5.75 Å². The number of para-hydroxylation sites is 1. The van der Waals surface area contributed by atoms with Gasteiger partial charge >= 0.3 is 5.97 Å². The Labute approximate surface area is 164 Å². The maximum Gasteiger partial charge on any atom is 0.345 e. The average molecular weight is 461 g/mol. The first-order valence-electron chi connectivity index (χ1n) is 7.74. The van der Waals surface area contributed by atoms with Crippen LogP contribution in [0.1, 0.15) is 10.4 Å². The summed E-state index contributed by atoms with van der Waals surface area (Å²) in [5.74, 6) is -0.420. The molecule has 0 aromatic heterocycles. The molecule has 1 heterocycles. The largest absolute Gasteiger partial charge is 0.422 e. The molecule has 9 heteroatoms. The van der Waals surface area contributed by atoms with Crippen molar-refractivity contribution in [1.82, 2.24) is 4.31 Å². The van der Waals surface area contributed by atoms with Crippen molar-refractivity contribution in [3.63, 3.8) is 0 Å². The van der Waals surface area contributed by atoms with Gasteiger partial charge < -0.3 is 9.47 Å². The normalized spacial score (nSPS) is 15.6. The number of sulfonamides is 1. The molecule has 0 saturated carbocycles. The molecule has 1 fully saturated rings. The summed E-state index contributed by atoms with van der Waals surface area (Å²) < 4.78 is 37.9. The van der Waals surface area contributed by atoms with E-state index in [9.17, 15) is 13.2 Å². The highest BCUT2D eigenvalue weighted by Gasteiger charge is 2.28. The summed E-state index contributed by atoms with van der Waals surface area (Å²) >= 11 is 9.38. The molecular weight excluding hydrogens is 446 g/mol. The predicted octanol–water partition coefficient (Wildman–Crippen LogP) is 3.34. The minimum absolute atomic E-state index is 0.0112. The molecule has 26 heavy (non-hydrogen) atoms. The fourth-order valence-corrected chi connectivity index (χ4v) is 4.43. The number of esters is 1. The highest BCUT2D eigenvalue weighted by atomic mass is 79.9. The molecule has 1 saturated heterocycles. The van der Waals surface area contributed by atoms with Crippen LogP contribution in [0, 0.1) is 0 Å². The van der Waals surface area contributed by atoms with E-state index >= 15 is 0 Å². The Morgan fingerprint density at radius 2 is 1.85 bits per heavy atom. The summed E-state index contributed by atoms with van der Waals surface area (Å²) in [6, 6.07) is 10.8. The van der Waals surface area contributed by atoms with Crippen LogP contribution in [-0.4, -0.2) is 45.0 Å². The van der Waals surface area contributed by atoms with Crippen molar-refractivity contribution in [2.24, 2.45) is 0 Å². The fraction of sp³-hybridized carbons (Fsp3) is 0.235. The maximum atomic E-state index is 12.8. The van der Waals surface area contributed by atoms with E-state index < -0.39 is 16.0 Å². The topological polar surface area (TPSA) is 72.9 Å². The van der Waals surface area contributed by atoms with Gasteiger partial charge in [-0.15, -0.1) is 0 Å². The number of carbonyl (C=O) groups is 1. The zero-order valence-electron chi connectivity index (χ0n) is 13.5. The van der Waals surface area contributed by atoms with Gasteiger partial charge in [0, 0.05) is 13.1 Å². The van der Waals surface area contributed by atoms with Gasteiger partial charge in [-0.05, 0) is 46.3 Å². The number of benzene rings is 2. The highest BCUT2D eigenvalue weighted by Crippen LogP contribution is 2.28. The number of nitrogens with zero attached hydrogens (tertiary/aromatic N) is 1. The lowest BCUT2D eigenvalue weighted by molar-refractivity contribution is 0.0727. The van der Waals surface area contributed by atoms with Gasteiger partial charge in [0.15, 0.2) is 0 Å². The van der Waals surface area contributed by atoms with E-state index in [-0.39, 0.29) is 28.6 Å². The Hall–Kier alpha value is -1.45. The van der Waals surface area contributed by atoms with Gasteiger partial charge in [-0.3, -0.25) is 0 Å². The first-order chi connectivity index (χ1) is 12.4. The van der Waals surface area contributed by atoms with E-state index in [1.54, 1.807) is 24.3 Å². The molecular formula is C17H15BrClNO5S. The number of morpholine rings is 1. The summed E-state index contributed by atoms with van der Waals surface area (Å²) in [6.45, 7) is 1.21. The van der Waals surface area contributed by atoms with Crippen LogP contribution in [0.3, 0.4) is 0 Å². The average Bonchev–Trinajstić information content (AvgIpc) is 2.64. The third kappa shape index (κ3) is 4.10.